The largest absolute Gasteiger partial charge is 0.387 e. The number of aromatic nitrogens is 1. The summed E-state index contributed by atoms with van der Waals surface area (Å²) in [6, 6.07) is 12.6. The molecule has 0 bridgehead atoms. The van der Waals surface area contributed by atoms with Crippen molar-refractivity contribution in [1.82, 2.24) is 4.98 Å². The molecule has 3 nitrogen and oxygen atoms in total. The molecule has 1 aromatic carbocycles. The van der Waals surface area contributed by atoms with Crippen LogP contribution in [0.2, 0.25) is 0 Å². The molecule has 2 aromatic rings. The fourth-order valence-corrected chi connectivity index (χ4v) is 2.71. The number of aliphatic hydroxyl groups excluding tert-OH is 1. The highest BCUT2D eigenvalue weighted by molar-refractivity contribution is 5.48. The van der Waals surface area contributed by atoms with Gasteiger partial charge in [-0.2, -0.15) is 0 Å². The van der Waals surface area contributed by atoms with E-state index in [2.05, 4.69) is 40.2 Å². The molecule has 20 heavy (non-hydrogen) atoms. The summed E-state index contributed by atoms with van der Waals surface area (Å²) >= 11 is 0. The van der Waals surface area contributed by atoms with Gasteiger partial charge in [-0.3, -0.25) is 4.98 Å². The van der Waals surface area contributed by atoms with Crippen LogP contribution in [0.4, 0.5) is 5.69 Å². The zero-order chi connectivity index (χ0) is 13.9. The van der Waals surface area contributed by atoms with Crippen molar-refractivity contribution in [3.8, 4) is 0 Å². The Morgan fingerprint density at radius 2 is 2.00 bits per heavy atom. The lowest BCUT2D eigenvalue weighted by atomic mass is 9.99. The first-order valence-corrected chi connectivity index (χ1v) is 7.23. The van der Waals surface area contributed by atoms with E-state index in [4.69, 9.17) is 0 Å². The van der Waals surface area contributed by atoms with Crippen LogP contribution >= 0.6 is 0 Å². The van der Waals surface area contributed by atoms with Gasteiger partial charge in [-0.25, -0.2) is 0 Å². The molecule has 0 radical (unpaired) electrons. The van der Waals surface area contributed by atoms with Crippen LogP contribution in [0.5, 0.6) is 0 Å². The summed E-state index contributed by atoms with van der Waals surface area (Å²) in [7, 11) is 0. The van der Waals surface area contributed by atoms with E-state index in [0.717, 1.165) is 30.9 Å². The number of pyridine rings is 1. The normalized spacial score (nSPS) is 15.8. The standard InChI is InChI=1S/C17H20N2O/c1-2-17(20)16-8-7-15(11-18-16)19-10-9-13-5-3-4-6-14(13)12-19/h3-8,11,17,20H,2,9-10,12H2,1H3/t17-/m1/s1. The molecule has 3 rings (SSSR count). The minimum absolute atomic E-state index is 0.453. The summed E-state index contributed by atoms with van der Waals surface area (Å²) in [4.78, 5) is 6.73. The Morgan fingerprint density at radius 3 is 2.70 bits per heavy atom. The number of aliphatic hydroxyl groups is 1. The van der Waals surface area contributed by atoms with Gasteiger partial charge >= 0.3 is 0 Å². The molecule has 0 saturated carbocycles. The number of nitrogens with zero attached hydrogens (tertiary/aromatic N) is 2. The second-order valence-electron chi connectivity index (χ2n) is 5.31. The van der Waals surface area contributed by atoms with E-state index in [1.165, 1.54) is 11.1 Å². The Hall–Kier alpha value is -1.87. The average molecular weight is 268 g/mol. The van der Waals surface area contributed by atoms with Gasteiger partial charge in [-0.05, 0) is 36.1 Å². The van der Waals surface area contributed by atoms with Crippen LogP contribution < -0.4 is 4.90 Å². The number of hydrogen-bond donors (Lipinski definition) is 1. The van der Waals surface area contributed by atoms with Crippen LogP contribution in [0.1, 0.15) is 36.3 Å². The van der Waals surface area contributed by atoms with E-state index in [-0.39, 0.29) is 0 Å². The predicted octanol–water partition coefficient (Wildman–Crippen LogP) is 3.09. The van der Waals surface area contributed by atoms with Gasteiger partial charge in [0.05, 0.1) is 23.7 Å². The Morgan fingerprint density at radius 1 is 1.20 bits per heavy atom. The van der Waals surface area contributed by atoms with Gasteiger partial charge in [-0.15, -0.1) is 0 Å². The van der Waals surface area contributed by atoms with Crippen LogP contribution in [0.25, 0.3) is 0 Å². The second-order valence-corrected chi connectivity index (χ2v) is 5.31. The minimum atomic E-state index is -0.453. The van der Waals surface area contributed by atoms with E-state index < -0.39 is 6.10 Å². The maximum absolute atomic E-state index is 9.78. The first kappa shape index (κ1) is 13.1. The van der Waals surface area contributed by atoms with Gasteiger partial charge < -0.3 is 10.0 Å². The maximum atomic E-state index is 9.78. The number of anilines is 1. The lowest BCUT2D eigenvalue weighted by molar-refractivity contribution is 0.169. The van der Waals surface area contributed by atoms with Gasteiger partial charge in [0.2, 0.25) is 0 Å². The van der Waals surface area contributed by atoms with Crippen molar-refractivity contribution in [3.63, 3.8) is 0 Å². The van der Waals surface area contributed by atoms with Crippen molar-refractivity contribution in [1.29, 1.82) is 0 Å². The molecule has 104 valence electrons. The van der Waals surface area contributed by atoms with E-state index in [1.54, 1.807) is 0 Å². The summed E-state index contributed by atoms with van der Waals surface area (Å²) in [5.74, 6) is 0. The molecular formula is C17H20N2O. The number of hydrogen-bond acceptors (Lipinski definition) is 3. The van der Waals surface area contributed by atoms with Crippen molar-refractivity contribution in [2.75, 3.05) is 11.4 Å². The van der Waals surface area contributed by atoms with E-state index in [9.17, 15) is 5.11 Å². The highest BCUT2D eigenvalue weighted by Crippen LogP contribution is 2.25. The summed E-state index contributed by atoms with van der Waals surface area (Å²) in [5.41, 5.74) is 4.74. The molecule has 1 N–H and O–H groups in total. The van der Waals surface area contributed by atoms with Gasteiger partial charge in [0.25, 0.3) is 0 Å². The highest BCUT2D eigenvalue weighted by Gasteiger charge is 2.16. The first-order valence-electron chi connectivity index (χ1n) is 7.23. The van der Waals surface area contributed by atoms with Crippen molar-refractivity contribution < 1.29 is 5.11 Å². The number of benzene rings is 1. The Bertz CT molecular complexity index is 580. The lowest BCUT2D eigenvalue weighted by Gasteiger charge is -2.30. The van der Waals surface area contributed by atoms with Gasteiger partial charge in [0.1, 0.15) is 0 Å². The smallest absolute Gasteiger partial charge is 0.0957 e. The molecule has 0 amide bonds. The molecule has 1 aromatic heterocycles. The van der Waals surface area contributed by atoms with Crippen LogP contribution in [0.3, 0.4) is 0 Å². The Kier molecular flexibility index (Phi) is 3.70. The summed E-state index contributed by atoms with van der Waals surface area (Å²) < 4.78 is 0. The van der Waals surface area contributed by atoms with Crippen LogP contribution in [0.15, 0.2) is 42.6 Å². The number of fused-ring (bicyclic) bond motifs is 1. The third-order valence-corrected chi connectivity index (χ3v) is 3.99. The minimum Gasteiger partial charge on any atom is -0.387 e. The molecule has 3 heteroatoms. The lowest BCUT2D eigenvalue weighted by Crippen LogP contribution is -2.30. The molecular weight excluding hydrogens is 248 g/mol. The zero-order valence-electron chi connectivity index (χ0n) is 11.8. The molecule has 0 fully saturated rings. The molecule has 0 spiro atoms. The van der Waals surface area contributed by atoms with Crippen LogP contribution in [0, 0.1) is 0 Å². The van der Waals surface area contributed by atoms with E-state index in [1.807, 2.05) is 19.2 Å². The molecule has 1 aliphatic rings. The molecule has 2 heterocycles. The predicted molar refractivity (Wildman–Crippen MR) is 80.7 cm³/mol. The molecule has 0 unspecified atom stereocenters. The molecule has 0 saturated heterocycles. The SMILES string of the molecule is CC[C@@H](O)c1ccc(N2CCc3ccccc3C2)cn1. The summed E-state index contributed by atoms with van der Waals surface area (Å²) in [6.07, 6.45) is 3.20. The molecule has 0 aliphatic carbocycles. The van der Waals surface area contributed by atoms with Crippen molar-refractivity contribution in [3.05, 3.63) is 59.4 Å². The van der Waals surface area contributed by atoms with Gasteiger partial charge in [-0.1, -0.05) is 31.2 Å². The van der Waals surface area contributed by atoms with Crippen LogP contribution in [-0.4, -0.2) is 16.6 Å². The van der Waals surface area contributed by atoms with Crippen molar-refractivity contribution in [2.45, 2.75) is 32.4 Å². The average Bonchev–Trinajstić information content (AvgIpc) is 2.54. The monoisotopic (exact) mass is 268 g/mol. The molecule has 1 atom stereocenters. The van der Waals surface area contributed by atoms with Gasteiger partial charge in [0.15, 0.2) is 0 Å². The third kappa shape index (κ3) is 2.54. The molecule has 1 aliphatic heterocycles. The quantitative estimate of drug-likeness (QED) is 0.929. The second kappa shape index (κ2) is 5.63. The summed E-state index contributed by atoms with van der Waals surface area (Å²) in [6.45, 7) is 3.92. The maximum Gasteiger partial charge on any atom is 0.0957 e. The van der Waals surface area contributed by atoms with E-state index >= 15 is 0 Å². The summed E-state index contributed by atoms with van der Waals surface area (Å²) in [5, 5.41) is 9.78. The Labute approximate surface area is 119 Å². The van der Waals surface area contributed by atoms with Gasteiger partial charge in [0, 0.05) is 13.1 Å². The Balaban J connectivity index is 1.78. The fraction of sp³-hybridized carbons (Fsp3) is 0.353. The topological polar surface area (TPSA) is 36.4 Å². The van der Waals surface area contributed by atoms with E-state index in [0.29, 0.717) is 6.42 Å². The van der Waals surface area contributed by atoms with Crippen LogP contribution in [-0.2, 0) is 13.0 Å². The van der Waals surface area contributed by atoms with Crippen molar-refractivity contribution >= 4 is 5.69 Å². The number of rotatable bonds is 3. The highest BCUT2D eigenvalue weighted by atomic mass is 16.3. The first-order chi connectivity index (χ1) is 9.78. The van der Waals surface area contributed by atoms with Crippen molar-refractivity contribution in [2.24, 2.45) is 0 Å². The third-order valence-electron chi connectivity index (χ3n) is 3.99. The zero-order valence-corrected chi connectivity index (χ0v) is 11.8. The fourth-order valence-electron chi connectivity index (χ4n) is 2.71.